The number of para-hydroxylation sites is 1. The van der Waals surface area contributed by atoms with E-state index in [4.69, 9.17) is 4.74 Å². The smallest absolute Gasteiger partial charge is 0.261 e. The Morgan fingerprint density at radius 1 is 1.21 bits per heavy atom. The summed E-state index contributed by atoms with van der Waals surface area (Å²) in [6.07, 6.45) is 3.22. The number of amides is 1. The zero-order chi connectivity index (χ0) is 13.2. The summed E-state index contributed by atoms with van der Waals surface area (Å²) in [7, 11) is 0. The summed E-state index contributed by atoms with van der Waals surface area (Å²) >= 11 is 0. The molecule has 3 rings (SSSR count). The minimum absolute atomic E-state index is 0.0447. The van der Waals surface area contributed by atoms with Crippen molar-refractivity contribution in [3.05, 3.63) is 30.3 Å². The quantitative estimate of drug-likeness (QED) is 0.898. The van der Waals surface area contributed by atoms with Crippen molar-refractivity contribution in [1.82, 2.24) is 4.90 Å². The number of hydrogen-bond acceptors (Lipinski definition) is 3. The molecule has 0 spiro atoms. The molecular weight excluding hydrogens is 242 g/mol. The molecule has 2 aliphatic rings. The van der Waals surface area contributed by atoms with E-state index in [1.807, 2.05) is 35.2 Å². The van der Waals surface area contributed by atoms with E-state index in [2.05, 4.69) is 0 Å². The maximum Gasteiger partial charge on any atom is 0.261 e. The van der Waals surface area contributed by atoms with Crippen LogP contribution in [0, 0.1) is 0 Å². The van der Waals surface area contributed by atoms with Gasteiger partial charge < -0.3 is 14.7 Å². The van der Waals surface area contributed by atoms with E-state index in [9.17, 15) is 9.90 Å². The molecule has 2 saturated heterocycles. The van der Waals surface area contributed by atoms with Gasteiger partial charge >= 0.3 is 0 Å². The highest BCUT2D eigenvalue weighted by Crippen LogP contribution is 2.35. The number of aliphatic hydroxyl groups is 1. The van der Waals surface area contributed by atoms with Gasteiger partial charge in [0.05, 0.1) is 6.10 Å². The number of nitrogens with zero attached hydrogens (tertiary/aromatic N) is 1. The Labute approximate surface area is 113 Å². The summed E-state index contributed by atoms with van der Waals surface area (Å²) in [5.74, 6) is 0.767. The summed E-state index contributed by atoms with van der Waals surface area (Å²) in [5, 5.41) is 9.73. The number of fused-ring (bicyclic) bond motifs is 2. The molecule has 2 fully saturated rings. The van der Waals surface area contributed by atoms with E-state index in [0.717, 1.165) is 18.6 Å². The number of rotatable bonds is 3. The van der Waals surface area contributed by atoms with Crippen LogP contribution in [0.25, 0.3) is 0 Å². The zero-order valence-electron chi connectivity index (χ0n) is 10.9. The molecule has 1 aromatic carbocycles. The molecule has 2 heterocycles. The minimum atomic E-state index is -0.239. The molecule has 2 unspecified atom stereocenters. The number of carbonyl (C=O) groups excluding carboxylic acids is 1. The van der Waals surface area contributed by atoms with Gasteiger partial charge in [-0.05, 0) is 37.8 Å². The van der Waals surface area contributed by atoms with Crippen LogP contribution in [-0.2, 0) is 4.79 Å². The first kappa shape index (κ1) is 12.5. The van der Waals surface area contributed by atoms with Crippen LogP contribution < -0.4 is 4.74 Å². The Morgan fingerprint density at radius 3 is 2.47 bits per heavy atom. The lowest BCUT2D eigenvalue weighted by Gasteiger charge is -2.37. The van der Waals surface area contributed by atoms with Crippen molar-refractivity contribution in [2.45, 2.75) is 43.9 Å². The lowest BCUT2D eigenvalue weighted by Crippen LogP contribution is -2.49. The second-order valence-electron chi connectivity index (χ2n) is 5.41. The second-order valence-corrected chi connectivity index (χ2v) is 5.41. The number of benzene rings is 1. The van der Waals surface area contributed by atoms with Crippen LogP contribution in [0.5, 0.6) is 5.75 Å². The van der Waals surface area contributed by atoms with Gasteiger partial charge in [-0.25, -0.2) is 0 Å². The fourth-order valence-corrected chi connectivity index (χ4v) is 3.29. The lowest BCUT2D eigenvalue weighted by molar-refractivity contribution is -0.139. The van der Waals surface area contributed by atoms with Crippen molar-refractivity contribution >= 4 is 5.91 Å². The number of ether oxygens (including phenoxy) is 1. The van der Waals surface area contributed by atoms with E-state index >= 15 is 0 Å². The van der Waals surface area contributed by atoms with E-state index < -0.39 is 0 Å². The first-order valence-corrected chi connectivity index (χ1v) is 6.91. The molecule has 1 N–H and O–H groups in total. The topological polar surface area (TPSA) is 49.8 Å². The molecule has 0 aromatic heterocycles. The van der Waals surface area contributed by atoms with Crippen molar-refractivity contribution < 1.29 is 14.6 Å². The molecule has 0 radical (unpaired) electrons. The predicted molar refractivity (Wildman–Crippen MR) is 70.8 cm³/mol. The Balaban J connectivity index is 1.59. The molecule has 2 aliphatic heterocycles. The van der Waals surface area contributed by atoms with E-state index in [0.29, 0.717) is 12.8 Å². The molecule has 102 valence electrons. The third kappa shape index (κ3) is 2.59. The van der Waals surface area contributed by atoms with Crippen LogP contribution in [0.1, 0.15) is 25.7 Å². The number of aliphatic hydroxyl groups excluding tert-OH is 1. The van der Waals surface area contributed by atoms with Gasteiger partial charge in [-0.3, -0.25) is 4.79 Å². The van der Waals surface area contributed by atoms with Crippen LogP contribution >= 0.6 is 0 Å². The normalized spacial score (nSPS) is 29.3. The summed E-state index contributed by atoms with van der Waals surface area (Å²) in [4.78, 5) is 14.2. The van der Waals surface area contributed by atoms with Gasteiger partial charge in [0.25, 0.3) is 5.91 Å². The fourth-order valence-electron chi connectivity index (χ4n) is 3.29. The maximum absolute atomic E-state index is 12.3. The van der Waals surface area contributed by atoms with Crippen molar-refractivity contribution in [2.75, 3.05) is 6.61 Å². The number of piperidine rings is 1. The highest BCUT2D eigenvalue weighted by atomic mass is 16.5. The van der Waals surface area contributed by atoms with Gasteiger partial charge in [0, 0.05) is 12.1 Å². The van der Waals surface area contributed by atoms with Gasteiger partial charge in [-0.1, -0.05) is 18.2 Å². The SMILES string of the molecule is O=C(COc1ccccc1)N1C2CCC1CC(O)C2. The van der Waals surface area contributed by atoms with E-state index in [1.54, 1.807) is 0 Å². The number of hydrogen-bond donors (Lipinski definition) is 1. The fraction of sp³-hybridized carbons (Fsp3) is 0.533. The predicted octanol–water partition coefficient (Wildman–Crippen LogP) is 1.58. The Hall–Kier alpha value is -1.55. The zero-order valence-corrected chi connectivity index (χ0v) is 10.9. The largest absolute Gasteiger partial charge is 0.484 e. The molecule has 2 atom stereocenters. The van der Waals surface area contributed by atoms with Crippen molar-refractivity contribution in [3.63, 3.8) is 0 Å². The number of carbonyl (C=O) groups is 1. The highest BCUT2D eigenvalue weighted by molar-refractivity contribution is 5.79. The van der Waals surface area contributed by atoms with Crippen LogP contribution in [0.4, 0.5) is 0 Å². The van der Waals surface area contributed by atoms with Gasteiger partial charge in [0.2, 0.25) is 0 Å². The maximum atomic E-state index is 12.3. The second kappa shape index (κ2) is 5.21. The van der Waals surface area contributed by atoms with Crippen molar-refractivity contribution in [3.8, 4) is 5.75 Å². The summed E-state index contributed by atoms with van der Waals surface area (Å²) in [6, 6.07) is 9.81. The third-order valence-corrected chi connectivity index (χ3v) is 4.10. The third-order valence-electron chi connectivity index (χ3n) is 4.10. The molecule has 4 nitrogen and oxygen atoms in total. The van der Waals surface area contributed by atoms with Gasteiger partial charge in [-0.2, -0.15) is 0 Å². The molecule has 2 bridgehead atoms. The molecule has 0 saturated carbocycles. The van der Waals surface area contributed by atoms with Gasteiger partial charge in [-0.15, -0.1) is 0 Å². The van der Waals surface area contributed by atoms with Crippen LogP contribution in [0.15, 0.2) is 30.3 Å². The molecule has 19 heavy (non-hydrogen) atoms. The minimum Gasteiger partial charge on any atom is -0.484 e. The molecule has 0 aliphatic carbocycles. The average molecular weight is 261 g/mol. The molecule has 1 amide bonds. The Morgan fingerprint density at radius 2 is 1.84 bits per heavy atom. The summed E-state index contributed by atoms with van der Waals surface area (Å²) in [5.41, 5.74) is 0. The highest BCUT2D eigenvalue weighted by Gasteiger charge is 2.42. The first-order valence-electron chi connectivity index (χ1n) is 6.91. The van der Waals surface area contributed by atoms with Crippen molar-refractivity contribution in [2.24, 2.45) is 0 Å². The van der Waals surface area contributed by atoms with Gasteiger partial charge in [0.15, 0.2) is 6.61 Å². The van der Waals surface area contributed by atoms with Gasteiger partial charge in [0.1, 0.15) is 5.75 Å². The molecule has 4 heteroatoms. The van der Waals surface area contributed by atoms with Crippen molar-refractivity contribution in [1.29, 1.82) is 0 Å². The molecule has 1 aromatic rings. The standard InChI is InChI=1S/C15H19NO3/c17-13-8-11-6-7-12(9-13)16(11)15(18)10-19-14-4-2-1-3-5-14/h1-5,11-13,17H,6-10H2. The van der Waals surface area contributed by atoms with Crippen LogP contribution in [0.2, 0.25) is 0 Å². The monoisotopic (exact) mass is 261 g/mol. The summed E-state index contributed by atoms with van der Waals surface area (Å²) in [6.45, 7) is 0.0904. The first-order chi connectivity index (χ1) is 9.24. The van der Waals surface area contributed by atoms with E-state index in [1.165, 1.54) is 0 Å². The summed E-state index contributed by atoms with van der Waals surface area (Å²) < 4.78 is 5.52. The van der Waals surface area contributed by atoms with Crippen LogP contribution in [0.3, 0.4) is 0 Å². The Bertz CT molecular complexity index is 434. The Kier molecular flexibility index (Phi) is 3.42. The van der Waals surface area contributed by atoms with E-state index in [-0.39, 0.29) is 30.7 Å². The van der Waals surface area contributed by atoms with Crippen LogP contribution in [-0.4, -0.2) is 40.7 Å². The molecular formula is C15H19NO3. The lowest BCUT2D eigenvalue weighted by atomic mass is 10.00. The average Bonchev–Trinajstić information content (AvgIpc) is 2.70.